The summed E-state index contributed by atoms with van der Waals surface area (Å²) in [6.45, 7) is 9.54. The molecule has 0 saturated carbocycles. The van der Waals surface area contributed by atoms with E-state index in [0.717, 1.165) is 19.1 Å². The Kier molecular flexibility index (Phi) is 4.41. The summed E-state index contributed by atoms with van der Waals surface area (Å²) in [5.74, 6) is 0. The van der Waals surface area contributed by atoms with Crippen LogP contribution in [0.1, 0.15) is 38.2 Å². The molecule has 1 aromatic carbocycles. The molecule has 23 heavy (non-hydrogen) atoms. The minimum absolute atomic E-state index is 0.806. The summed E-state index contributed by atoms with van der Waals surface area (Å²) < 4.78 is 2.32. The largest absolute Gasteiger partial charge is 0.348 e. The molecule has 2 aliphatic heterocycles. The average molecular weight is 311 g/mol. The number of hydrogen-bond donors (Lipinski definition) is 0. The fourth-order valence-corrected chi connectivity index (χ4v) is 4.42. The van der Waals surface area contributed by atoms with Crippen molar-refractivity contribution in [2.75, 3.05) is 26.2 Å². The van der Waals surface area contributed by atoms with Crippen LogP contribution in [-0.4, -0.2) is 46.6 Å². The van der Waals surface area contributed by atoms with Crippen LogP contribution in [0, 0.1) is 0 Å². The Labute approximate surface area is 139 Å². The van der Waals surface area contributed by atoms with Gasteiger partial charge in [-0.3, -0.25) is 9.80 Å². The second-order valence-corrected chi connectivity index (χ2v) is 7.27. The van der Waals surface area contributed by atoms with E-state index >= 15 is 0 Å². The first-order valence-electron chi connectivity index (χ1n) is 9.37. The van der Waals surface area contributed by atoms with E-state index in [1.807, 2.05) is 0 Å². The maximum absolute atomic E-state index is 2.74. The van der Waals surface area contributed by atoms with E-state index in [1.54, 1.807) is 0 Å². The van der Waals surface area contributed by atoms with E-state index in [-0.39, 0.29) is 0 Å². The highest BCUT2D eigenvalue weighted by molar-refractivity contribution is 5.80. The predicted molar refractivity (Wildman–Crippen MR) is 96.7 cm³/mol. The zero-order valence-corrected chi connectivity index (χ0v) is 14.4. The van der Waals surface area contributed by atoms with Crippen LogP contribution in [0.4, 0.5) is 0 Å². The second-order valence-electron chi connectivity index (χ2n) is 7.27. The smallest absolute Gasteiger partial charge is 0.0480 e. The van der Waals surface area contributed by atoms with E-state index < -0.39 is 0 Å². The minimum Gasteiger partial charge on any atom is -0.348 e. The van der Waals surface area contributed by atoms with Crippen molar-refractivity contribution in [1.29, 1.82) is 0 Å². The third kappa shape index (κ3) is 3.17. The normalized spacial score (nSPS) is 23.8. The van der Waals surface area contributed by atoms with Crippen LogP contribution in [0.25, 0.3) is 10.9 Å². The zero-order valence-electron chi connectivity index (χ0n) is 14.4. The van der Waals surface area contributed by atoms with E-state index in [4.69, 9.17) is 0 Å². The van der Waals surface area contributed by atoms with E-state index in [0.29, 0.717) is 0 Å². The molecule has 0 N–H and O–H groups in total. The molecule has 0 aliphatic carbocycles. The number of benzene rings is 1. The number of likely N-dealkylation sites (tertiary alicyclic amines) is 2. The standard InChI is InChI=1S/C20H29N3/c1-2-22-13-8-18-14-17(6-7-20(18)22)15-21-12-9-19(16-21)23-10-4-3-5-11-23/h6-8,13-14,19H,2-5,9-12,15-16H2,1H3/t19-/m1/s1. The molecule has 2 fully saturated rings. The van der Waals surface area contributed by atoms with Gasteiger partial charge < -0.3 is 4.57 Å². The summed E-state index contributed by atoms with van der Waals surface area (Å²) in [6.07, 6.45) is 7.80. The summed E-state index contributed by atoms with van der Waals surface area (Å²) in [5.41, 5.74) is 2.83. The molecule has 124 valence electrons. The van der Waals surface area contributed by atoms with Gasteiger partial charge in [-0.05, 0) is 68.4 Å². The molecule has 0 amide bonds. The molecule has 2 aromatic rings. The van der Waals surface area contributed by atoms with Gasteiger partial charge in [0.1, 0.15) is 0 Å². The van der Waals surface area contributed by atoms with Crippen LogP contribution >= 0.6 is 0 Å². The van der Waals surface area contributed by atoms with Crippen molar-refractivity contribution in [3.63, 3.8) is 0 Å². The number of rotatable bonds is 4. The van der Waals surface area contributed by atoms with Crippen molar-refractivity contribution >= 4 is 10.9 Å². The quantitative estimate of drug-likeness (QED) is 0.852. The topological polar surface area (TPSA) is 11.4 Å². The van der Waals surface area contributed by atoms with Gasteiger partial charge in [0, 0.05) is 43.9 Å². The lowest BCUT2D eigenvalue weighted by Crippen LogP contribution is -2.40. The first-order valence-corrected chi connectivity index (χ1v) is 9.37. The van der Waals surface area contributed by atoms with Gasteiger partial charge in [-0.2, -0.15) is 0 Å². The second kappa shape index (κ2) is 6.66. The molecule has 0 radical (unpaired) electrons. The van der Waals surface area contributed by atoms with Crippen molar-refractivity contribution in [2.45, 2.75) is 51.7 Å². The molecular formula is C20H29N3. The van der Waals surface area contributed by atoms with E-state index in [2.05, 4.69) is 51.8 Å². The Morgan fingerprint density at radius 2 is 1.91 bits per heavy atom. The van der Waals surface area contributed by atoms with Crippen molar-refractivity contribution in [3.8, 4) is 0 Å². The van der Waals surface area contributed by atoms with Crippen LogP contribution in [0.3, 0.4) is 0 Å². The molecule has 1 atom stereocenters. The molecular weight excluding hydrogens is 282 g/mol. The lowest BCUT2D eigenvalue weighted by atomic mass is 10.1. The van der Waals surface area contributed by atoms with Gasteiger partial charge in [-0.1, -0.05) is 12.5 Å². The Bertz CT molecular complexity index is 654. The molecule has 3 nitrogen and oxygen atoms in total. The molecule has 0 unspecified atom stereocenters. The van der Waals surface area contributed by atoms with Crippen LogP contribution in [-0.2, 0) is 13.1 Å². The molecule has 3 heterocycles. The maximum atomic E-state index is 2.74. The van der Waals surface area contributed by atoms with Gasteiger partial charge >= 0.3 is 0 Å². The number of aryl methyl sites for hydroxylation is 1. The fourth-order valence-electron chi connectivity index (χ4n) is 4.42. The highest BCUT2D eigenvalue weighted by Gasteiger charge is 2.28. The lowest BCUT2D eigenvalue weighted by molar-refractivity contribution is 0.161. The van der Waals surface area contributed by atoms with E-state index in [1.165, 1.54) is 68.3 Å². The fraction of sp³-hybridized carbons (Fsp3) is 0.600. The van der Waals surface area contributed by atoms with Crippen molar-refractivity contribution in [3.05, 3.63) is 36.0 Å². The van der Waals surface area contributed by atoms with Gasteiger partial charge in [-0.25, -0.2) is 0 Å². The third-order valence-corrected chi connectivity index (χ3v) is 5.74. The monoisotopic (exact) mass is 311 g/mol. The highest BCUT2D eigenvalue weighted by atomic mass is 15.3. The molecule has 2 saturated heterocycles. The number of fused-ring (bicyclic) bond motifs is 1. The van der Waals surface area contributed by atoms with Gasteiger partial charge in [0.2, 0.25) is 0 Å². The Hall–Kier alpha value is -1.32. The molecule has 0 bridgehead atoms. The van der Waals surface area contributed by atoms with Gasteiger partial charge in [0.05, 0.1) is 0 Å². The van der Waals surface area contributed by atoms with Gasteiger partial charge in [-0.15, -0.1) is 0 Å². The summed E-state index contributed by atoms with van der Waals surface area (Å²) in [6, 6.07) is 10.1. The van der Waals surface area contributed by atoms with Crippen LogP contribution in [0.15, 0.2) is 30.5 Å². The molecule has 4 rings (SSSR count). The first-order chi connectivity index (χ1) is 11.3. The first kappa shape index (κ1) is 15.2. The summed E-state index contributed by atoms with van der Waals surface area (Å²) >= 11 is 0. The maximum Gasteiger partial charge on any atom is 0.0480 e. The van der Waals surface area contributed by atoms with Crippen molar-refractivity contribution in [1.82, 2.24) is 14.4 Å². The SMILES string of the molecule is CCn1ccc2cc(CN3CC[C@@H](N4CCCCC4)C3)ccc21. The number of aromatic nitrogens is 1. The lowest BCUT2D eigenvalue weighted by Gasteiger charge is -2.32. The predicted octanol–water partition coefficient (Wildman–Crippen LogP) is 3.72. The number of nitrogens with zero attached hydrogens (tertiary/aromatic N) is 3. The Morgan fingerprint density at radius 1 is 1.04 bits per heavy atom. The van der Waals surface area contributed by atoms with E-state index in [9.17, 15) is 0 Å². The Morgan fingerprint density at radius 3 is 2.74 bits per heavy atom. The van der Waals surface area contributed by atoms with Crippen LogP contribution < -0.4 is 0 Å². The van der Waals surface area contributed by atoms with Crippen LogP contribution in [0.5, 0.6) is 0 Å². The number of hydrogen-bond acceptors (Lipinski definition) is 2. The third-order valence-electron chi connectivity index (χ3n) is 5.74. The van der Waals surface area contributed by atoms with Crippen molar-refractivity contribution < 1.29 is 0 Å². The Balaban J connectivity index is 1.40. The molecule has 3 heteroatoms. The summed E-state index contributed by atoms with van der Waals surface area (Å²) in [5, 5.41) is 1.39. The molecule has 1 aromatic heterocycles. The molecule has 0 spiro atoms. The van der Waals surface area contributed by atoms with Crippen molar-refractivity contribution in [2.24, 2.45) is 0 Å². The van der Waals surface area contributed by atoms with Gasteiger partial charge in [0.25, 0.3) is 0 Å². The van der Waals surface area contributed by atoms with Gasteiger partial charge in [0.15, 0.2) is 0 Å². The number of piperidine rings is 1. The minimum atomic E-state index is 0.806. The average Bonchev–Trinajstić information content (AvgIpc) is 3.22. The highest BCUT2D eigenvalue weighted by Crippen LogP contribution is 2.23. The zero-order chi connectivity index (χ0) is 15.6. The summed E-state index contributed by atoms with van der Waals surface area (Å²) in [7, 11) is 0. The summed E-state index contributed by atoms with van der Waals surface area (Å²) in [4.78, 5) is 5.39. The molecule has 2 aliphatic rings. The van der Waals surface area contributed by atoms with Crippen LogP contribution in [0.2, 0.25) is 0 Å².